The summed E-state index contributed by atoms with van der Waals surface area (Å²) in [6.07, 6.45) is 5.39. The van der Waals surface area contributed by atoms with Gasteiger partial charge in [-0.15, -0.1) is 0 Å². The molecule has 0 spiro atoms. The summed E-state index contributed by atoms with van der Waals surface area (Å²) in [7, 11) is 1.71. The zero-order chi connectivity index (χ0) is 18.5. The van der Waals surface area contributed by atoms with Crippen LogP contribution in [0.5, 0.6) is 0 Å². The first kappa shape index (κ1) is 17.1. The van der Waals surface area contributed by atoms with Gasteiger partial charge >= 0.3 is 6.09 Å². The van der Waals surface area contributed by atoms with Crippen LogP contribution in [-0.2, 0) is 4.84 Å². The van der Waals surface area contributed by atoms with Crippen LogP contribution in [-0.4, -0.2) is 46.1 Å². The largest absolute Gasteiger partial charge is 0.434 e. The van der Waals surface area contributed by atoms with Crippen molar-refractivity contribution < 1.29 is 9.63 Å². The molecule has 0 radical (unpaired) electrons. The first-order valence-corrected chi connectivity index (χ1v) is 9.31. The highest BCUT2D eigenvalue weighted by Crippen LogP contribution is 2.48. The van der Waals surface area contributed by atoms with Gasteiger partial charge in [0.1, 0.15) is 12.0 Å². The Morgan fingerprint density at radius 2 is 1.96 bits per heavy atom. The SMILES string of the molecule is CN(OC(=O)N1C[C@H]2C[C@@H](C(C)(C)C)C[C@H]2C1)c1ncnc2[nH]ccc12. The lowest BCUT2D eigenvalue weighted by Gasteiger charge is -2.29. The van der Waals surface area contributed by atoms with Gasteiger partial charge in [0.25, 0.3) is 0 Å². The van der Waals surface area contributed by atoms with E-state index in [1.807, 2.05) is 11.0 Å². The third-order valence-corrected chi connectivity index (χ3v) is 6.08. The van der Waals surface area contributed by atoms with Gasteiger partial charge in [-0.3, -0.25) is 0 Å². The van der Waals surface area contributed by atoms with Crippen LogP contribution in [0.25, 0.3) is 11.0 Å². The molecule has 140 valence electrons. The van der Waals surface area contributed by atoms with Crippen molar-refractivity contribution in [1.82, 2.24) is 19.9 Å². The van der Waals surface area contributed by atoms with Gasteiger partial charge in [-0.2, -0.15) is 5.06 Å². The van der Waals surface area contributed by atoms with Gasteiger partial charge in [0.2, 0.25) is 0 Å². The number of aromatic amines is 1. The minimum atomic E-state index is -0.295. The lowest BCUT2D eigenvalue weighted by Crippen LogP contribution is -2.36. The number of aromatic nitrogens is 3. The zero-order valence-electron chi connectivity index (χ0n) is 15.9. The van der Waals surface area contributed by atoms with E-state index in [1.165, 1.54) is 24.2 Å². The maximum absolute atomic E-state index is 12.6. The van der Waals surface area contributed by atoms with Crippen LogP contribution in [0.1, 0.15) is 33.6 Å². The molecule has 0 aromatic carbocycles. The maximum atomic E-state index is 12.6. The fourth-order valence-corrected chi connectivity index (χ4v) is 4.48. The molecule has 2 aromatic rings. The minimum absolute atomic E-state index is 0.295. The van der Waals surface area contributed by atoms with Gasteiger partial charge in [0, 0.05) is 26.3 Å². The molecule has 1 N–H and O–H groups in total. The van der Waals surface area contributed by atoms with Crippen molar-refractivity contribution in [3.63, 3.8) is 0 Å². The summed E-state index contributed by atoms with van der Waals surface area (Å²) in [5.41, 5.74) is 1.08. The van der Waals surface area contributed by atoms with Gasteiger partial charge in [-0.1, -0.05) is 20.8 Å². The lowest BCUT2D eigenvalue weighted by molar-refractivity contribution is 0.0995. The van der Waals surface area contributed by atoms with Crippen molar-refractivity contribution in [2.45, 2.75) is 33.6 Å². The molecular weight excluding hydrogens is 330 g/mol. The molecule has 3 heterocycles. The highest BCUT2D eigenvalue weighted by Gasteiger charge is 2.46. The van der Waals surface area contributed by atoms with Gasteiger partial charge in [-0.05, 0) is 42.1 Å². The summed E-state index contributed by atoms with van der Waals surface area (Å²) in [6.45, 7) is 8.57. The fraction of sp³-hybridized carbons (Fsp3) is 0.632. The third kappa shape index (κ3) is 2.99. The normalized spacial score (nSPS) is 25.5. The summed E-state index contributed by atoms with van der Waals surface area (Å²) in [4.78, 5) is 31.5. The Kier molecular flexibility index (Phi) is 4.04. The Bertz CT molecular complexity index is 798. The van der Waals surface area contributed by atoms with E-state index in [9.17, 15) is 4.79 Å². The molecule has 2 fully saturated rings. The van der Waals surface area contributed by atoms with Gasteiger partial charge in [0.15, 0.2) is 5.82 Å². The number of carbonyl (C=O) groups excluding carboxylic acids is 1. The van der Waals surface area contributed by atoms with E-state index in [0.29, 0.717) is 23.1 Å². The summed E-state index contributed by atoms with van der Waals surface area (Å²) < 4.78 is 0. The van der Waals surface area contributed by atoms with Gasteiger partial charge < -0.3 is 14.7 Å². The quantitative estimate of drug-likeness (QED) is 0.833. The van der Waals surface area contributed by atoms with Crippen LogP contribution in [0.2, 0.25) is 0 Å². The second-order valence-corrected chi connectivity index (χ2v) is 8.75. The molecule has 7 nitrogen and oxygen atoms in total. The summed E-state index contributed by atoms with van der Waals surface area (Å²) in [5, 5.41) is 2.26. The van der Waals surface area contributed by atoms with Crippen LogP contribution in [0.15, 0.2) is 18.6 Å². The molecule has 1 amide bonds. The molecule has 2 aromatic heterocycles. The molecule has 1 saturated heterocycles. The Morgan fingerprint density at radius 1 is 1.27 bits per heavy atom. The second-order valence-electron chi connectivity index (χ2n) is 8.75. The Morgan fingerprint density at radius 3 is 2.62 bits per heavy atom. The van der Waals surface area contributed by atoms with Gasteiger partial charge in [0.05, 0.1) is 5.39 Å². The number of rotatable bonds is 2. The zero-order valence-corrected chi connectivity index (χ0v) is 15.9. The first-order chi connectivity index (χ1) is 12.3. The number of hydrogen-bond donors (Lipinski definition) is 1. The van der Waals surface area contributed by atoms with Crippen LogP contribution in [0.4, 0.5) is 10.6 Å². The Balaban J connectivity index is 1.39. The van der Waals surface area contributed by atoms with Gasteiger partial charge in [-0.25, -0.2) is 14.8 Å². The van der Waals surface area contributed by atoms with E-state index in [2.05, 4.69) is 35.7 Å². The Hall–Kier alpha value is -2.31. The highest BCUT2D eigenvalue weighted by atomic mass is 16.7. The number of nitrogens with one attached hydrogen (secondary N) is 1. The molecular formula is C19H27N5O2. The van der Waals surface area contributed by atoms with Crippen molar-refractivity contribution in [3.8, 4) is 0 Å². The van der Waals surface area contributed by atoms with E-state index in [1.54, 1.807) is 13.2 Å². The molecule has 7 heteroatoms. The highest BCUT2D eigenvalue weighted by molar-refractivity contribution is 5.87. The second kappa shape index (κ2) is 6.14. The summed E-state index contributed by atoms with van der Waals surface area (Å²) in [5.74, 6) is 2.54. The molecule has 0 unspecified atom stereocenters. The molecule has 3 atom stereocenters. The fourth-order valence-electron chi connectivity index (χ4n) is 4.48. The molecule has 4 rings (SSSR count). The van der Waals surface area contributed by atoms with Crippen molar-refractivity contribution in [3.05, 3.63) is 18.6 Å². The average molecular weight is 357 g/mol. The van der Waals surface area contributed by atoms with Crippen LogP contribution < -0.4 is 5.06 Å². The van der Waals surface area contributed by atoms with Crippen molar-refractivity contribution in [1.29, 1.82) is 0 Å². The van der Waals surface area contributed by atoms with E-state index < -0.39 is 0 Å². The number of H-pyrrole nitrogens is 1. The Labute approximate surface area is 153 Å². The standard InChI is InChI=1S/C19H27N5O2/c1-19(2,3)14-7-12-9-24(10-13(12)8-14)18(25)26-23(4)17-15-5-6-20-16(15)21-11-22-17/h5-6,11-14H,7-10H2,1-4H3,(H,20,21,22)/t12-,13+,14-. The lowest BCUT2D eigenvalue weighted by atomic mass is 9.79. The van der Waals surface area contributed by atoms with E-state index in [0.717, 1.165) is 30.0 Å². The monoisotopic (exact) mass is 357 g/mol. The first-order valence-electron chi connectivity index (χ1n) is 9.31. The predicted octanol–water partition coefficient (Wildman–Crippen LogP) is 3.45. The smallest absolute Gasteiger partial charge is 0.346 e. The molecule has 1 saturated carbocycles. The van der Waals surface area contributed by atoms with Crippen LogP contribution in [0.3, 0.4) is 0 Å². The number of likely N-dealkylation sites (tertiary alicyclic amines) is 1. The third-order valence-electron chi connectivity index (χ3n) is 6.08. The van der Waals surface area contributed by atoms with E-state index in [4.69, 9.17) is 4.84 Å². The number of anilines is 1. The summed E-state index contributed by atoms with van der Waals surface area (Å²) in [6, 6.07) is 1.88. The maximum Gasteiger partial charge on any atom is 0.434 e. The molecule has 26 heavy (non-hydrogen) atoms. The minimum Gasteiger partial charge on any atom is -0.346 e. The molecule has 0 bridgehead atoms. The topological polar surface area (TPSA) is 74.3 Å². The average Bonchev–Trinajstić information content (AvgIpc) is 3.27. The number of amides is 1. The summed E-state index contributed by atoms with van der Waals surface area (Å²) >= 11 is 0. The van der Waals surface area contributed by atoms with Crippen LogP contribution >= 0.6 is 0 Å². The number of nitrogens with zero attached hydrogens (tertiary/aromatic N) is 4. The van der Waals surface area contributed by atoms with Crippen molar-refractivity contribution in [2.24, 2.45) is 23.2 Å². The van der Waals surface area contributed by atoms with Crippen molar-refractivity contribution in [2.75, 3.05) is 25.2 Å². The molecule has 2 aliphatic rings. The number of carbonyl (C=O) groups is 1. The van der Waals surface area contributed by atoms with Crippen LogP contribution in [0, 0.1) is 23.2 Å². The molecule has 1 aliphatic heterocycles. The molecule has 1 aliphatic carbocycles. The number of hydrogen-bond acceptors (Lipinski definition) is 5. The predicted molar refractivity (Wildman–Crippen MR) is 99.5 cm³/mol. The van der Waals surface area contributed by atoms with Crippen molar-refractivity contribution >= 4 is 22.9 Å². The van der Waals surface area contributed by atoms with E-state index in [-0.39, 0.29) is 6.09 Å². The van der Waals surface area contributed by atoms with E-state index >= 15 is 0 Å². The number of hydroxylamine groups is 1. The number of fused-ring (bicyclic) bond motifs is 2.